The molecule has 1 unspecified atom stereocenters. The summed E-state index contributed by atoms with van der Waals surface area (Å²) in [6.07, 6.45) is -0.728. The van der Waals surface area contributed by atoms with Gasteiger partial charge in [-0.3, -0.25) is 4.79 Å². The zero-order valence-electron chi connectivity index (χ0n) is 10.7. The second-order valence-corrected chi connectivity index (χ2v) is 4.30. The second kappa shape index (κ2) is 6.67. The molecule has 7 heteroatoms. The molecule has 0 saturated carbocycles. The van der Waals surface area contributed by atoms with E-state index in [4.69, 9.17) is 21.3 Å². The number of aliphatic carboxylic acids is 1. The lowest BCUT2D eigenvalue weighted by atomic mass is 9.94. The number of ether oxygens (including phenoxy) is 1. The van der Waals surface area contributed by atoms with Crippen molar-refractivity contribution >= 4 is 17.8 Å². The number of carbonyl (C=O) groups excluding carboxylic acids is 2. The van der Waals surface area contributed by atoms with Crippen molar-refractivity contribution in [3.63, 3.8) is 0 Å². The van der Waals surface area contributed by atoms with E-state index in [1.165, 1.54) is 0 Å². The molecule has 0 bridgehead atoms. The third kappa shape index (κ3) is 4.06. The van der Waals surface area contributed by atoms with Gasteiger partial charge in [-0.25, -0.2) is 9.59 Å². The van der Waals surface area contributed by atoms with E-state index in [-0.39, 0.29) is 13.0 Å². The molecule has 0 saturated heterocycles. The van der Waals surface area contributed by atoms with E-state index in [2.05, 4.69) is 0 Å². The minimum atomic E-state index is -2.27. The molecule has 1 atom stereocenters. The molecular weight excluding hydrogens is 264 g/mol. The largest absolute Gasteiger partial charge is 0.479 e. The number of rotatable bonds is 7. The van der Waals surface area contributed by atoms with Crippen molar-refractivity contribution < 1.29 is 24.2 Å². The van der Waals surface area contributed by atoms with Gasteiger partial charge in [-0.05, 0) is 12.0 Å². The van der Waals surface area contributed by atoms with Gasteiger partial charge in [0.05, 0.1) is 0 Å². The van der Waals surface area contributed by atoms with Crippen LogP contribution in [0.3, 0.4) is 0 Å². The normalized spacial score (nSPS) is 13.2. The third-order valence-corrected chi connectivity index (χ3v) is 2.72. The predicted octanol–water partition coefficient (Wildman–Crippen LogP) is -0.223. The Morgan fingerprint density at radius 1 is 1.20 bits per heavy atom. The molecule has 0 spiro atoms. The SMILES string of the molecule is NC(=O)CCC(N)(C(=O)O)C(=O)OCc1ccccc1. The Morgan fingerprint density at radius 3 is 2.30 bits per heavy atom. The summed E-state index contributed by atoms with van der Waals surface area (Å²) in [5.41, 5.74) is 8.86. The molecule has 0 fully saturated rings. The smallest absolute Gasteiger partial charge is 0.338 e. The summed E-state index contributed by atoms with van der Waals surface area (Å²) < 4.78 is 4.89. The van der Waals surface area contributed by atoms with Crippen LogP contribution in [0.15, 0.2) is 30.3 Å². The summed E-state index contributed by atoms with van der Waals surface area (Å²) in [6, 6.07) is 8.74. The van der Waals surface area contributed by atoms with Crippen molar-refractivity contribution in [2.24, 2.45) is 11.5 Å². The van der Waals surface area contributed by atoms with Crippen LogP contribution in [0.25, 0.3) is 0 Å². The van der Waals surface area contributed by atoms with Crippen molar-refractivity contribution in [2.75, 3.05) is 0 Å². The Labute approximate surface area is 115 Å². The first-order valence-corrected chi connectivity index (χ1v) is 5.88. The van der Waals surface area contributed by atoms with Gasteiger partial charge < -0.3 is 21.3 Å². The fourth-order valence-electron chi connectivity index (χ4n) is 1.47. The number of esters is 1. The van der Waals surface area contributed by atoms with Crippen molar-refractivity contribution in [1.82, 2.24) is 0 Å². The number of carboxylic acid groups (broad SMARTS) is 1. The van der Waals surface area contributed by atoms with E-state index in [9.17, 15) is 14.4 Å². The molecule has 0 heterocycles. The van der Waals surface area contributed by atoms with Crippen molar-refractivity contribution in [2.45, 2.75) is 25.0 Å². The highest BCUT2D eigenvalue weighted by molar-refractivity contribution is 6.04. The van der Waals surface area contributed by atoms with E-state index in [0.717, 1.165) is 0 Å². The monoisotopic (exact) mass is 280 g/mol. The van der Waals surface area contributed by atoms with E-state index >= 15 is 0 Å². The fraction of sp³-hybridized carbons (Fsp3) is 0.308. The number of carboxylic acids is 1. The first kappa shape index (κ1) is 15.6. The molecule has 1 aromatic rings. The first-order valence-electron chi connectivity index (χ1n) is 5.88. The van der Waals surface area contributed by atoms with Crippen molar-refractivity contribution in [3.05, 3.63) is 35.9 Å². The molecular formula is C13H16N2O5. The number of hydrogen-bond acceptors (Lipinski definition) is 5. The quantitative estimate of drug-likeness (QED) is 0.467. The highest BCUT2D eigenvalue weighted by atomic mass is 16.5. The Morgan fingerprint density at radius 2 is 1.80 bits per heavy atom. The minimum Gasteiger partial charge on any atom is -0.479 e. The molecule has 0 aliphatic carbocycles. The number of benzene rings is 1. The first-order chi connectivity index (χ1) is 9.36. The standard InChI is InChI=1S/C13H16N2O5/c14-10(16)6-7-13(15,11(17)18)12(19)20-8-9-4-2-1-3-5-9/h1-5H,6-8,15H2,(H2,14,16)(H,17,18). The zero-order chi connectivity index (χ0) is 15.2. The number of primary amides is 1. The average Bonchev–Trinajstić information content (AvgIpc) is 2.42. The molecule has 20 heavy (non-hydrogen) atoms. The summed E-state index contributed by atoms with van der Waals surface area (Å²) in [7, 11) is 0. The summed E-state index contributed by atoms with van der Waals surface area (Å²) in [5.74, 6) is -3.40. The number of nitrogens with two attached hydrogens (primary N) is 2. The van der Waals surface area contributed by atoms with Crippen LogP contribution < -0.4 is 11.5 Å². The summed E-state index contributed by atoms with van der Waals surface area (Å²) in [6.45, 7) is -0.0948. The van der Waals surface area contributed by atoms with E-state index < -0.39 is 29.8 Å². The molecule has 1 aromatic carbocycles. The lowest BCUT2D eigenvalue weighted by molar-refractivity contribution is -0.162. The van der Waals surface area contributed by atoms with Gasteiger partial charge in [0.15, 0.2) is 0 Å². The predicted molar refractivity (Wildman–Crippen MR) is 69.2 cm³/mol. The maximum atomic E-state index is 11.8. The van der Waals surface area contributed by atoms with E-state index in [0.29, 0.717) is 5.56 Å². The number of carbonyl (C=O) groups is 3. The van der Waals surface area contributed by atoms with Gasteiger partial charge in [-0.15, -0.1) is 0 Å². The van der Waals surface area contributed by atoms with Crippen LogP contribution in [-0.4, -0.2) is 28.5 Å². The van der Waals surface area contributed by atoms with Crippen LogP contribution in [-0.2, 0) is 25.7 Å². The van der Waals surface area contributed by atoms with Gasteiger partial charge in [0.25, 0.3) is 0 Å². The second-order valence-electron chi connectivity index (χ2n) is 4.30. The Kier molecular flexibility index (Phi) is 5.22. The van der Waals surface area contributed by atoms with E-state index in [1.54, 1.807) is 30.3 Å². The highest BCUT2D eigenvalue weighted by Gasteiger charge is 2.44. The molecule has 5 N–H and O–H groups in total. The lowest BCUT2D eigenvalue weighted by Crippen LogP contribution is -2.56. The van der Waals surface area contributed by atoms with Gasteiger partial charge in [0.1, 0.15) is 6.61 Å². The molecule has 7 nitrogen and oxygen atoms in total. The molecule has 0 aromatic heterocycles. The third-order valence-electron chi connectivity index (χ3n) is 2.72. The van der Waals surface area contributed by atoms with Gasteiger partial charge in [0, 0.05) is 6.42 Å². The maximum absolute atomic E-state index is 11.8. The average molecular weight is 280 g/mol. The van der Waals surface area contributed by atoms with Crippen LogP contribution in [0, 0.1) is 0 Å². The maximum Gasteiger partial charge on any atom is 0.338 e. The van der Waals surface area contributed by atoms with Gasteiger partial charge in [-0.2, -0.15) is 0 Å². The van der Waals surface area contributed by atoms with Crippen LogP contribution in [0.1, 0.15) is 18.4 Å². The van der Waals surface area contributed by atoms with Crippen LogP contribution in [0.5, 0.6) is 0 Å². The summed E-state index contributed by atoms with van der Waals surface area (Å²) in [5, 5.41) is 9.04. The van der Waals surface area contributed by atoms with Crippen LogP contribution in [0.2, 0.25) is 0 Å². The Bertz CT molecular complexity index is 503. The summed E-state index contributed by atoms with van der Waals surface area (Å²) in [4.78, 5) is 33.6. The summed E-state index contributed by atoms with van der Waals surface area (Å²) >= 11 is 0. The molecule has 108 valence electrons. The number of amides is 1. The van der Waals surface area contributed by atoms with Crippen LogP contribution in [0.4, 0.5) is 0 Å². The van der Waals surface area contributed by atoms with Crippen molar-refractivity contribution in [1.29, 1.82) is 0 Å². The molecule has 1 amide bonds. The molecule has 0 aliphatic rings. The fourth-order valence-corrected chi connectivity index (χ4v) is 1.47. The number of hydrogen-bond donors (Lipinski definition) is 3. The Hall–Kier alpha value is -2.41. The van der Waals surface area contributed by atoms with E-state index in [1.807, 2.05) is 0 Å². The lowest BCUT2D eigenvalue weighted by Gasteiger charge is -2.22. The Balaban J connectivity index is 2.69. The van der Waals surface area contributed by atoms with Crippen LogP contribution >= 0.6 is 0 Å². The molecule has 0 radical (unpaired) electrons. The molecule has 1 rings (SSSR count). The highest BCUT2D eigenvalue weighted by Crippen LogP contribution is 2.14. The topological polar surface area (TPSA) is 133 Å². The zero-order valence-corrected chi connectivity index (χ0v) is 10.7. The minimum absolute atomic E-state index is 0.0948. The molecule has 0 aliphatic heterocycles. The van der Waals surface area contributed by atoms with Gasteiger partial charge in [-0.1, -0.05) is 30.3 Å². The van der Waals surface area contributed by atoms with Crippen molar-refractivity contribution in [3.8, 4) is 0 Å². The van der Waals surface area contributed by atoms with Gasteiger partial charge in [0.2, 0.25) is 11.4 Å². The van der Waals surface area contributed by atoms with Gasteiger partial charge >= 0.3 is 11.9 Å².